The highest BCUT2D eigenvalue weighted by Gasteiger charge is 2.59. The minimum atomic E-state index is -2.32. The van der Waals surface area contributed by atoms with Crippen LogP contribution in [-0.4, -0.2) is 252 Å². The van der Waals surface area contributed by atoms with Crippen LogP contribution in [0.5, 0.6) is 0 Å². The first-order valence-corrected chi connectivity index (χ1v) is 23.3. The molecule has 32 nitrogen and oxygen atoms in total. The maximum absolute atomic E-state index is 13.3. The number of Topliss-reactive ketones (excluding diaryl/α,β-unsaturated/α-hetero) is 1. The second kappa shape index (κ2) is 24.4. The number of rotatable bonds is 18. The van der Waals surface area contributed by atoms with E-state index in [4.69, 9.17) is 53.2 Å². The van der Waals surface area contributed by atoms with Crippen molar-refractivity contribution in [3.63, 3.8) is 0 Å². The summed E-state index contributed by atoms with van der Waals surface area (Å²) < 4.78 is 53.6. The normalized spacial score (nSPS) is 44.8. The monoisotopic (exact) mass is 1070 g/mol. The zero-order valence-corrected chi connectivity index (χ0v) is 40.3. The number of carbonyl (C=O) groups excluding carboxylic acids is 6. The number of carbonyl (C=O) groups is 6. The average molecular weight is 1070 g/mol. The number of aliphatic hydroxyl groups excluding tert-OH is 10. The van der Waals surface area contributed by atoms with Crippen LogP contribution in [0.25, 0.3) is 0 Å². The largest absolute Gasteiger partial charge is 0.510 e. The number of ketones is 1. The summed E-state index contributed by atoms with van der Waals surface area (Å²) in [6.45, 7) is 4.09. The van der Waals surface area contributed by atoms with E-state index < -0.39 is 207 Å². The lowest BCUT2D eigenvalue weighted by atomic mass is 9.81. The second-order valence-corrected chi connectivity index (χ2v) is 18.9. The van der Waals surface area contributed by atoms with Gasteiger partial charge in [0.15, 0.2) is 49.4 Å². The zero-order valence-electron chi connectivity index (χ0n) is 40.3. The van der Waals surface area contributed by atoms with Gasteiger partial charge in [-0.05, 0) is 13.8 Å². The van der Waals surface area contributed by atoms with Crippen molar-refractivity contribution in [2.45, 2.75) is 194 Å². The summed E-state index contributed by atoms with van der Waals surface area (Å²) in [5.74, 6) is -6.46. The van der Waals surface area contributed by atoms with Crippen LogP contribution in [0.1, 0.15) is 47.5 Å². The fraction of sp³-hybridized carbons (Fsp3) is 0.810. The lowest BCUT2D eigenvalue weighted by Crippen LogP contribution is -2.73. The lowest BCUT2D eigenvalue weighted by Gasteiger charge is -2.52. The maximum atomic E-state index is 13.3. The Balaban J connectivity index is 1.33. The van der Waals surface area contributed by atoms with Gasteiger partial charge >= 0.3 is 6.47 Å². The Kier molecular flexibility index (Phi) is 19.5. The summed E-state index contributed by atoms with van der Waals surface area (Å²) in [7, 11) is 0. The van der Waals surface area contributed by atoms with Crippen molar-refractivity contribution < 1.29 is 132 Å². The molecule has 1 aliphatic carbocycles. The van der Waals surface area contributed by atoms with E-state index in [1.54, 1.807) is 0 Å². The molecule has 25 atom stereocenters. The molecule has 5 heterocycles. The first-order valence-electron chi connectivity index (χ1n) is 23.3. The number of nitrogens with one attached hydrogen (secondary N) is 4. The van der Waals surface area contributed by atoms with Crippen LogP contribution < -0.4 is 27.2 Å². The molecule has 6 rings (SSSR count). The highest BCUT2D eigenvalue weighted by molar-refractivity contribution is 6.02. The summed E-state index contributed by atoms with van der Waals surface area (Å²) in [5.41, 5.74) is 4.98. The number of aliphatic hydroxyl groups is 11. The molecule has 0 spiro atoms. The zero-order chi connectivity index (χ0) is 54.8. The van der Waals surface area contributed by atoms with E-state index in [0.717, 1.165) is 20.8 Å². The molecule has 0 radical (unpaired) electrons. The molecule has 4 amide bonds. The standard InChI is InChI=1S/C42H65N5O27/c1-11-29(70-41-27(60)24(57)25(58)32(73-41)36(63)46-19-15(52)6-7-16(19)53)28(61)37(45-14(4)51)74-38(11)72-31-18(9-65-40-26(59)23(56)21(54)17(8-48)68-40)69-39(20(22(31)55)44-13(3)50)71-30-12(2)67-34(35(43)62)42(5,64)33(30)47-66-10-49/h10-12,17-18,20-34,37-41,47-48,52,54-61,64H,6-9H2,1-5H3,(H2,43,62)(H,44,50)(H,45,51)(H,46,63). The van der Waals surface area contributed by atoms with Crippen LogP contribution >= 0.6 is 0 Å². The number of amides is 4. The quantitative estimate of drug-likeness (QED) is 0.0448. The SMILES string of the molecule is CC(=O)NC1OC(OC2C(COC3OC(CO)C(O)C(O)C3O)OC(OC3C(C)OC(C(N)=O)C(C)(O)C3NOC=O)C(NC(C)=O)C2O)C(C)C(OC2OC(C(=O)NC3=C(O)CCC3=O)C(O)C(O)C2O)C1O. The first-order chi connectivity index (χ1) is 34.7. The molecule has 32 heteroatoms. The van der Waals surface area contributed by atoms with E-state index in [2.05, 4.69) is 21.4 Å². The Morgan fingerprint density at radius 3 is 1.93 bits per heavy atom. The molecule has 6 aliphatic rings. The maximum Gasteiger partial charge on any atom is 0.312 e. The fourth-order valence-corrected chi connectivity index (χ4v) is 9.44. The van der Waals surface area contributed by atoms with Crippen LogP contribution in [0.2, 0.25) is 0 Å². The molecule has 0 aromatic heterocycles. The topological polar surface area (TPSA) is 491 Å². The van der Waals surface area contributed by atoms with E-state index in [0.29, 0.717) is 0 Å². The highest BCUT2D eigenvalue weighted by Crippen LogP contribution is 2.38. The van der Waals surface area contributed by atoms with E-state index in [9.17, 15) is 84.9 Å². The summed E-state index contributed by atoms with van der Waals surface area (Å²) in [6.07, 6.45) is -39.2. The van der Waals surface area contributed by atoms with Gasteiger partial charge in [-0.25, -0.2) is 0 Å². The van der Waals surface area contributed by atoms with E-state index in [-0.39, 0.29) is 19.3 Å². The Labute approximate surface area is 419 Å². The molecule has 0 aromatic carbocycles. The predicted molar refractivity (Wildman–Crippen MR) is 231 cm³/mol. The van der Waals surface area contributed by atoms with Gasteiger partial charge in [0.25, 0.3) is 5.91 Å². The molecular formula is C42H65N5O27. The molecule has 74 heavy (non-hydrogen) atoms. The van der Waals surface area contributed by atoms with Gasteiger partial charge in [-0.2, -0.15) is 0 Å². The van der Waals surface area contributed by atoms with E-state index in [1.165, 1.54) is 13.8 Å². The molecule has 5 aliphatic heterocycles. The number of nitrogens with two attached hydrogens (primary N) is 1. The molecule has 17 N–H and O–H groups in total. The van der Waals surface area contributed by atoms with Gasteiger partial charge < -0.3 is 125 Å². The smallest absolute Gasteiger partial charge is 0.312 e. The summed E-state index contributed by atoms with van der Waals surface area (Å²) in [4.78, 5) is 79.4. The van der Waals surface area contributed by atoms with Crippen molar-refractivity contribution in [1.29, 1.82) is 0 Å². The molecule has 420 valence electrons. The van der Waals surface area contributed by atoms with Gasteiger partial charge in [-0.1, -0.05) is 6.92 Å². The predicted octanol–water partition coefficient (Wildman–Crippen LogP) is -9.51. The number of hydrogen-bond donors (Lipinski definition) is 16. The second-order valence-electron chi connectivity index (χ2n) is 18.9. The van der Waals surface area contributed by atoms with Crippen molar-refractivity contribution >= 4 is 35.9 Å². The van der Waals surface area contributed by atoms with Crippen molar-refractivity contribution in [2.24, 2.45) is 11.7 Å². The Morgan fingerprint density at radius 2 is 1.34 bits per heavy atom. The van der Waals surface area contributed by atoms with Crippen molar-refractivity contribution in [2.75, 3.05) is 13.2 Å². The third kappa shape index (κ3) is 12.4. The summed E-state index contributed by atoms with van der Waals surface area (Å²) in [5, 5.41) is 127. The van der Waals surface area contributed by atoms with Gasteiger partial charge in [-0.3, -0.25) is 28.8 Å². The summed E-state index contributed by atoms with van der Waals surface area (Å²) >= 11 is 0. The van der Waals surface area contributed by atoms with Crippen molar-refractivity contribution in [3.05, 3.63) is 11.5 Å². The van der Waals surface area contributed by atoms with Gasteiger partial charge in [0.05, 0.1) is 25.4 Å². The Bertz CT molecular complexity index is 2050. The number of allylic oxidation sites excluding steroid dienone is 2. The molecule has 25 unspecified atom stereocenters. The summed E-state index contributed by atoms with van der Waals surface area (Å²) in [6, 6.07) is -3.31. The number of ether oxygens (including phenoxy) is 9. The van der Waals surface area contributed by atoms with E-state index in [1.807, 2.05) is 0 Å². The minimum absolute atomic E-state index is 0.0537. The number of primary amides is 1. The van der Waals surface area contributed by atoms with Crippen LogP contribution in [0.15, 0.2) is 11.5 Å². The molecule has 5 fully saturated rings. The fourth-order valence-electron chi connectivity index (χ4n) is 9.44. The van der Waals surface area contributed by atoms with Gasteiger partial charge in [-0.15, -0.1) is 5.48 Å². The van der Waals surface area contributed by atoms with Crippen LogP contribution in [0, 0.1) is 5.92 Å². The van der Waals surface area contributed by atoms with Gasteiger partial charge in [0, 0.05) is 32.6 Å². The van der Waals surface area contributed by atoms with E-state index >= 15 is 0 Å². The van der Waals surface area contributed by atoms with Crippen molar-refractivity contribution in [1.82, 2.24) is 21.4 Å². The third-order valence-corrected chi connectivity index (χ3v) is 13.4. The number of hydroxylamine groups is 1. The highest BCUT2D eigenvalue weighted by atomic mass is 16.8. The molecule has 0 saturated carbocycles. The third-order valence-electron chi connectivity index (χ3n) is 13.4. The van der Waals surface area contributed by atoms with Crippen molar-refractivity contribution in [3.8, 4) is 0 Å². The molecule has 5 saturated heterocycles. The van der Waals surface area contributed by atoms with Crippen LogP contribution in [0.4, 0.5) is 0 Å². The van der Waals surface area contributed by atoms with Crippen LogP contribution in [-0.2, 0) is 76.2 Å². The Hall–Kier alpha value is -4.24. The lowest BCUT2D eigenvalue weighted by molar-refractivity contribution is -0.373. The first kappa shape index (κ1) is 59.0. The average Bonchev–Trinajstić information content (AvgIpc) is 3.65. The van der Waals surface area contributed by atoms with Gasteiger partial charge in [0.1, 0.15) is 102 Å². The molecule has 0 aromatic rings. The molecular weight excluding hydrogens is 1010 g/mol. The van der Waals surface area contributed by atoms with Gasteiger partial charge in [0.2, 0.25) is 17.7 Å². The van der Waals surface area contributed by atoms with Crippen LogP contribution in [0.3, 0.4) is 0 Å². The minimum Gasteiger partial charge on any atom is -0.510 e. The Morgan fingerprint density at radius 1 is 0.730 bits per heavy atom. The molecule has 0 bridgehead atoms. The number of hydrogen-bond acceptors (Lipinski definition) is 28.